The molecule has 1 saturated heterocycles. The second-order valence-corrected chi connectivity index (χ2v) is 18.5. The Balaban J connectivity index is 0.000000184. The predicted octanol–water partition coefficient (Wildman–Crippen LogP) is 7.25. The number of hydrogen-bond donors (Lipinski definition) is 8. The lowest BCUT2D eigenvalue weighted by molar-refractivity contribution is 0.0988. The highest BCUT2D eigenvalue weighted by atomic mass is 32.2. The van der Waals surface area contributed by atoms with E-state index in [1.807, 2.05) is 72.7 Å². The van der Waals surface area contributed by atoms with Gasteiger partial charge < -0.3 is 55.8 Å². The first-order chi connectivity index (χ1) is 29.5. The van der Waals surface area contributed by atoms with E-state index in [1.54, 1.807) is 0 Å². The number of H-pyrrole nitrogens is 2. The quantitative estimate of drug-likeness (QED) is 0.0446. The number of para-hydroxylation sites is 2. The number of aliphatic hydroxyl groups excluding tert-OH is 2. The van der Waals surface area contributed by atoms with Gasteiger partial charge in [0, 0.05) is 101 Å². The zero-order valence-corrected chi connectivity index (χ0v) is 36.7. The maximum Gasteiger partial charge on any atom is 0.122 e. The van der Waals surface area contributed by atoms with Gasteiger partial charge in [-0.25, -0.2) is 0 Å². The molecule has 2 aliphatic heterocycles. The fraction of sp³-hybridized carbons (Fsp3) is 0.388. The van der Waals surface area contributed by atoms with Gasteiger partial charge in [0.25, 0.3) is 0 Å². The van der Waals surface area contributed by atoms with E-state index in [9.17, 15) is 10.2 Å². The zero-order chi connectivity index (χ0) is 42.7. The van der Waals surface area contributed by atoms with Gasteiger partial charge in [-0.1, -0.05) is 48.5 Å². The maximum absolute atomic E-state index is 10.4. The lowest BCUT2D eigenvalue weighted by Gasteiger charge is -2.28. The maximum atomic E-state index is 10.4. The molecule has 0 unspecified atom stereocenters. The average Bonchev–Trinajstić information content (AvgIpc) is 4.06. The van der Waals surface area contributed by atoms with E-state index < -0.39 is 12.2 Å². The number of β-amino-alcohol motifs (C(OH)–C–C–N with tert-alkyl or cyclic N) is 2. The Morgan fingerprint density at radius 1 is 0.656 bits per heavy atom. The summed E-state index contributed by atoms with van der Waals surface area (Å²) in [6, 6.07) is 32.8. The standard InChI is InChI=1S/C25H33N3O2S.C24H30N4O2/c1-25(2,15-19-16-26-24-6-4-3-5-23(19)24)27-17-21(29)18-30-22-9-7-20(8-10-22)28-11-13-31-14-12-28;1-24(2,13-18-14-27-22-6-4-3-5-21(18)22)28-15-19(29)16-30-20-9-7-17(8-10-20)23-25-11-12-26-23/h3-10,16,21,26-27,29H,11-15,17-18H2,1-2H3;3-12,14,19,23,25-29H,13,15-16H2,1-2H3/t21-;19-/m00/s1. The molecule has 0 spiro atoms. The molecular weight excluding hydrogens is 783 g/mol. The average molecular weight is 846 g/mol. The highest BCUT2D eigenvalue weighted by Gasteiger charge is 2.23. The highest BCUT2D eigenvalue weighted by molar-refractivity contribution is 7.99. The first kappa shape index (κ1) is 44.0. The molecule has 0 amide bonds. The SMILES string of the molecule is CC(C)(Cc1c[nH]c2ccccc12)NC[C@H](O)COc1ccc(C2NC=CN2)cc1.CC(C)(Cc1c[nH]c2ccccc12)NC[C@H](O)COc1ccc(N2CCSCC2)cc1. The Labute approximate surface area is 364 Å². The summed E-state index contributed by atoms with van der Waals surface area (Å²) in [5.74, 6) is 3.93. The van der Waals surface area contributed by atoms with E-state index in [0.29, 0.717) is 13.1 Å². The molecule has 6 aromatic rings. The molecule has 2 aromatic heterocycles. The number of aromatic nitrogens is 2. The summed E-state index contributed by atoms with van der Waals surface area (Å²) in [4.78, 5) is 9.08. The summed E-state index contributed by atoms with van der Waals surface area (Å²) < 4.78 is 11.6. The van der Waals surface area contributed by atoms with Gasteiger partial charge >= 0.3 is 0 Å². The number of anilines is 1. The van der Waals surface area contributed by atoms with E-state index in [0.717, 1.165) is 54.0 Å². The molecule has 0 bridgehead atoms. The van der Waals surface area contributed by atoms with Crippen LogP contribution in [0.5, 0.6) is 11.5 Å². The van der Waals surface area contributed by atoms with Crippen molar-refractivity contribution in [1.82, 2.24) is 31.2 Å². The monoisotopic (exact) mass is 845 g/mol. The molecule has 4 heterocycles. The summed E-state index contributed by atoms with van der Waals surface area (Å²) in [6.07, 6.45) is 8.62. The van der Waals surface area contributed by atoms with Crippen molar-refractivity contribution in [3.8, 4) is 11.5 Å². The number of rotatable bonds is 18. The smallest absolute Gasteiger partial charge is 0.122 e. The van der Waals surface area contributed by atoms with E-state index in [-0.39, 0.29) is 30.5 Å². The van der Waals surface area contributed by atoms with Crippen LogP contribution in [0, 0.1) is 0 Å². The van der Waals surface area contributed by atoms with E-state index in [4.69, 9.17) is 9.47 Å². The van der Waals surface area contributed by atoms with Crippen LogP contribution in [-0.4, -0.2) is 94.4 Å². The number of ether oxygens (including phenoxy) is 2. The Morgan fingerprint density at radius 2 is 1.11 bits per heavy atom. The summed E-state index contributed by atoms with van der Waals surface area (Å²) in [7, 11) is 0. The lowest BCUT2D eigenvalue weighted by atomic mass is 9.94. The number of thioether (sulfide) groups is 1. The molecule has 4 aromatic carbocycles. The summed E-state index contributed by atoms with van der Waals surface area (Å²) in [5, 5.41) is 36.7. The minimum absolute atomic E-state index is 0.105. The topological polar surface area (TPSA) is 142 Å². The van der Waals surface area contributed by atoms with Gasteiger partial charge in [0.05, 0.1) is 0 Å². The zero-order valence-electron chi connectivity index (χ0n) is 35.9. The first-order valence-corrected chi connectivity index (χ1v) is 22.6. The third-order valence-corrected chi connectivity index (χ3v) is 12.1. The number of nitrogens with one attached hydrogen (secondary N) is 6. The van der Waals surface area contributed by atoms with Crippen molar-refractivity contribution in [3.63, 3.8) is 0 Å². The Morgan fingerprint density at radius 3 is 1.61 bits per heavy atom. The molecule has 2 atom stereocenters. The molecular formula is C49H63N7O4S. The molecule has 12 heteroatoms. The van der Waals surface area contributed by atoms with Crippen molar-refractivity contribution >= 4 is 39.3 Å². The van der Waals surface area contributed by atoms with Gasteiger partial charge in [0.1, 0.15) is 43.1 Å². The van der Waals surface area contributed by atoms with E-state index in [2.05, 4.69) is 125 Å². The molecule has 0 aliphatic carbocycles. The van der Waals surface area contributed by atoms with Crippen molar-refractivity contribution in [1.29, 1.82) is 0 Å². The second kappa shape index (κ2) is 20.6. The minimum Gasteiger partial charge on any atom is -0.491 e. The van der Waals surface area contributed by atoms with Crippen molar-refractivity contribution in [2.45, 2.75) is 70.0 Å². The third kappa shape index (κ3) is 12.7. The van der Waals surface area contributed by atoms with Crippen molar-refractivity contribution in [2.75, 3.05) is 55.8 Å². The molecule has 324 valence electrons. The number of fused-ring (bicyclic) bond motifs is 2. The van der Waals surface area contributed by atoms with Gasteiger partial charge in [-0.15, -0.1) is 0 Å². The van der Waals surface area contributed by atoms with Crippen LogP contribution in [0.1, 0.15) is 50.6 Å². The van der Waals surface area contributed by atoms with Crippen LogP contribution in [0.2, 0.25) is 0 Å². The largest absolute Gasteiger partial charge is 0.491 e. The molecule has 11 nitrogen and oxygen atoms in total. The van der Waals surface area contributed by atoms with Crippen LogP contribution in [0.4, 0.5) is 5.69 Å². The molecule has 1 fully saturated rings. The molecule has 0 radical (unpaired) electrons. The van der Waals surface area contributed by atoms with Crippen LogP contribution in [0.25, 0.3) is 21.8 Å². The molecule has 8 rings (SSSR count). The fourth-order valence-electron chi connectivity index (χ4n) is 7.78. The van der Waals surface area contributed by atoms with E-state index >= 15 is 0 Å². The van der Waals surface area contributed by atoms with Gasteiger partial charge in [0.15, 0.2) is 0 Å². The van der Waals surface area contributed by atoms with Crippen LogP contribution >= 0.6 is 11.8 Å². The minimum atomic E-state index is -0.589. The summed E-state index contributed by atoms with van der Waals surface area (Å²) in [5.41, 5.74) is 6.96. The van der Waals surface area contributed by atoms with Gasteiger partial charge in [-0.2, -0.15) is 11.8 Å². The number of benzene rings is 4. The Hall–Kier alpha value is -5.11. The first-order valence-electron chi connectivity index (χ1n) is 21.4. The van der Waals surface area contributed by atoms with Crippen LogP contribution < -0.4 is 35.6 Å². The van der Waals surface area contributed by atoms with Gasteiger partial charge in [-0.3, -0.25) is 0 Å². The second-order valence-electron chi connectivity index (χ2n) is 17.3. The molecule has 0 saturated carbocycles. The Kier molecular flexibility index (Phi) is 14.9. The van der Waals surface area contributed by atoms with Crippen molar-refractivity contribution < 1.29 is 19.7 Å². The van der Waals surface area contributed by atoms with Crippen LogP contribution in [-0.2, 0) is 12.8 Å². The van der Waals surface area contributed by atoms with Crippen LogP contribution in [0.15, 0.2) is 122 Å². The van der Waals surface area contributed by atoms with Crippen molar-refractivity contribution in [2.24, 2.45) is 0 Å². The predicted molar refractivity (Wildman–Crippen MR) is 252 cm³/mol. The van der Waals surface area contributed by atoms with Gasteiger partial charge in [0.2, 0.25) is 0 Å². The molecule has 61 heavy (non-hydrogen) atoms. The Bertz CT molecular complexity index is 2270. The number of aliphatic hydroxyl groups is 2. The molecule has 8 N–H and O–H groups in total. The van der Waals surface area contributed by atoms with E-state index in [1.165, 1.54) is 39.1 Å². The fourth-order valence-corrected chi connectivity index (χ4v) is 8.69. The highest BCUT2D eigenvalue weighted by Crippen LogP contribution is 2.25. The van der Waals surface area contributed by atoms with Crippen LogP contribution in [0.3, 0.4) is 0 Å². The number of nitrogens with zero attached hydrogens (tertiary/aromatic N) is 1. The number of hydrogen-bond acceptors (Lipinski definition) is 10. The van der Waals surface area contributed by atoms with Gasteiger partial charge in [-0.05, 0) is 106 Å². The molecule has 2 aliphatic rings. The lowest BCUT2D eigenvalue weighted by Crippen LogP contribution is -2.46. The number of aromatic amines is 2. The summed E-state index contributed by atoms with van der Waals surface area (Å²) >= 11 is 2.01. The van der Waals surface area contributed by atoms with Crippen molar-refractivity contribution in [3.05, 3.63) is 139 Å². The normalized spacial score (nSPS) is 15.5. The third-order valence-electron chi connectivity index (χ3n) is 11.2. The summed E-state index contributed by atoms with van der Waals surface area (Å²) in [6.45, 7) is 12.3.